The molecule has 2 aromatic heterocycles. The van der Waals surface area contributed by atoms with Crippen LogP contribution in [0.25, 0.3) is 0 Å². The van der Waals surface area contributed by atoms with E-state index in [1.165, 1.54) is 11.3 Å². The number of carbonyl (C=O) groups excluding carboxylic acids is 1. The maximum Gasteiger partial charge on any atom is 0.188 e. The molecule has 0 radical (unpaired) electrons. The lowest BCUT2D eigenvalue weighted by molar-refractivity contribution is 0.0996. The number of nitrogens with zero attached hydrogens (tertiary/aromatic N) is 4. The van der Waals surface area contributed by atoms with Crippen LogP contribution in [0.15, 0.2) is 30.5 Å². The fourth-order valence-electron chi connectivity index (χ4n) is 3.44. The van der Waals surface area contributed by atoms with Gasteiger partial charge in [-0.25, -0.2) is 15.0 Å². The van der Waals surface area contributed by atoms with Crippen LogP contribution in [0.4, 0.5) is 16.8 Å². The molecular weight excluding hydrogens is 422 g/mol. The number of ketones is 1. The predicted molar refractivity (Wildman–Crippen MR) is 119 cm³/mol. The van der Waals surface area contributed by atoms with Gasteiger partial charge in [-0.2, -0.15) is 0 Å². The van der Waals surface area contributed by atoms with E-state index >= 15 is 0 Å². The summed E-state index contributed by atoms with van der Waals surface area (Å²) in [6.07, 6.45) is 2.22. The van der Waals surface area contributed by atoms with Crippen LogP contribution in [-0.4, -0.2) is 45.0 Å². The number of halogens is 1. The highest BCUT2D eigenvalue weighted by Gasteiger charge is 2.22. The van der Waals surface area contributed by atoms with Gasteiger partial charge in [0.15, 0.2) is 10.9 Å². The molecule has 3 heterocycles. The number of thiazole rings is 1. The third-order valence-electron chi connectivity index (χ3n) is 5.02. The number of hydrogen-bond acceptors (Lipinski definition) is 8. The molecule has 156 valence electrons. The molecule has 0 saturated carbocycles. The van der Waals surface area contributed by atoms with E-state index in [0.717, 1.165) is 29.9 Å². The van der Waals surface area contributed by atoms with Crippen LogP contribution in [0, 0.1) is 13.8 Å². The Morgan fingerprint density at radius 2 is 2.20 bits per heavy atom. The van der Waals surface area contributed by atoms with Crippen molar-refractivity contribution in [3.63, 3.8) is 0 Å². The minimum atomic E-state index is -0.328. The van der Waals surface area contributed by atoms with Crippen molar-refractivity contribution >= 4 is 45.5 Å². The highest BCUT2D eigenvalue weighted by atomic mass is 35.5. The first-order valence-corrected chi connectivity index (χ1v) is 10.9. The van der Waals surface area contributed by atoms with Crippen molar-refractivity contribution in [1.82, 2.24) is 15.0 Å². The maximum atomic E-state index is 12.7. The number of hydrogen-bond donors (Lipinski definition) is 2. The molecule has 0 aliphatic carbocycles. The Morgan fingerprint density at radius 3 is 2.93 bits per heavy atom. The van der Waals surface area contributed by atoms with Gasteiger partial charge in [-0.05, 0) is 37.5 Å². The summed E-state index contributed by atoms with van der Waals surface area (Å²) < 4.78 is 0. The van der Waals surface area contributed by atoms with Gasteiger partial charge in [0.2, 0.25) is 0 Å². The number of anilines is 3. The highest BCUT2D eigenvalue weighted by Crippen LogP contribution is 2.27. The normalized spacial score (nSPS) is 16.1. The van der Waals surface area contributed by atoms with Gasteiger partial charge < -0.3 is 15.3 Å². The molecule has 1 aliphatic heterocycles. The molecule has 0 amide bonds. The molecule has 2 N–H and O–H groups in total. The molecule has 0 spiro atoms. The summed E-state index contributed by atoms with van der Waals surface area (Å²) in [5, 5.41) is 14.1. The summed E-state index contributed by atoms with van der Waals surface area (Å²) in [7, 11) is 0. The number of aromatic nitrogens is 3. The van der Waals surface area contributed by atoms with E-state index in [1.54, 1.807) is 12.3 Å². The van der Waals surface area contributed by atoms with Crippen LogP contribution in [0.1, 0.15) is 33.0 Å². The van der Waals surface area contributed by atoms with Crippen molar-refractivity contribution in [3.05, 3.63) is 57.3 Å². The Labute approximate surface area is 183 Å². The third-order valence-corrected chi connectivity index (χ3v) is 6.33. The smallest absolute Gasteiger partial charge is 0.188 e. The van der Waals surface area contributed by atoms with Gasteiger partial charge in [-0.1, -0.05) is 35.1 Å². The molecule has 1 fully saturated rings. The summed E-state index contributed by atoms with van der Waals surface area (Å²) in [5.74, 6) is 1.97. The Bertz CT molecular complexity index is 1070. The largest absolute Gasteiger partial charge is 0.391 e. The van der Waals surface area contributed by atoms with Gasteiger partial charge in [-0.3, -0.25) is 4.79 Å². The highest BCUT2D eigenvalue weighted by molar-refractivity contribution is 7.17. The fourth-order valence-corrected chi connectivity index (χ4v) is 4.49. The molecule has 3 aromatic rings. The van der Waals surface area contributed by atoms with E-state index < -0.39 is 0 Å². The SMILES string of the molecule is Cc1nc(Nc2ncc(C(=O)Cc3c(C)cccc3Cl)s2)cc(N2CCC(O)C2)n1. The first-order chi connectivity index (χ1) is 14.4. The number of carbonyl (C=O) groups is 1. The zero-order valence-electron chi connectivity index (χ0n) is 16.7. The molecule has 30 heavy (non-hydrogen) atoms. The fraction of sp³-hybridized carbons (Fsp3) is 0.333. The van der Waals surface area contributed by atoms with Crippen LogP contribution >= 0.6 is 22.9 Å². The van der Waals surface area contributed by atoms with Gasteiger partial charge in [0.25, 0.3) is 0 Å². The lowest BCUT2D eigenvalue weighted by Crippen LogP contribution is -2.22. The number of β-amino-alcohol motifs (C(OH)–C–C–N with tert-alkyl or cyclic N) is 1. The van der Waals surface area contributed by atoms with Crippen LogP contribution in [0.2, 0.25) is 5.02 Å². The van der Waals surface area contributed by atoms with E-state index in [0.29, 0.717) is 33.2 Å². The van der Waals surface area contributed by atoms with Crippen LogP contribution in [0.3, 0.4) is 0 Å². The Morgan fingerprint density at radius 1 is 1.37 bits per heavy atom. The van der Waals surface area contributed by atoms with E-state index in [2.05, 4.69) is 20.3 Å². The predicted octanol–water partition coefficient (Wildman–Crippen LogP) is 3.94. The second kappa shape index (κ2) is 8.67. The molecule has 1 aliphatic rings. The van der Waals surface area contributed by atoms with Gasteiger partial charge >= 0.3 is 0 Å². The third kappa shape index (κ3) is 4.61. The number of aryl methyl sites for hydroxylation is 2. The first-order valence-electron chi connectivity index (χ1n) is 9.68. The van der Waals surface area contributed by atoms with Crippen molar-refractivity contribution in [2.75, 3.05) is 23.3 Å². The minimum Gasteiger partial charge on any atom is -0.391 e. The van der Waals surface area contributed by atoms with Crippen LogP contribution < -0.4 is 10.2 Å². The molecule has 1 unspecified atom stereocenters. The summed E-state index contributed by atoms with van der Waals surface area (Å²) in [4.78, 5) is 28.5. The van der Waals surface area contributed by atoms with Gasteiger partial charge in [-0.15, -0.1) is 0 Å². The topological polar surface area (TPSA) is 91.2 Å². The number of aliphatic hydroxyl groups excluding tert-OH is 1. The summed E-state index contributed by atoms with van der Waals surface area (Å²) in [6, 6.07) is 7.45. The van der Waals surface area contributed by atoms with Crippen molar-refractivity contribution < 1.29 is 9.90 Å². The summed E-state index contributed by atoms with van der Waals surface area (Å²) >= 11 is 7.54. The zero-order valence-corrected chi connectivity index (χ0v) is 18.3. The van der Waals surface area contributed by atoms with E-state index in [9.17, 15) is 9.90 Å². The summed E-state index contributed by atoms with van der Waals surface area (Å²) in [6.45, 7) is 5.09. The van der Waals surface area contributed by atoms with Gasteiger partial charge in [0, 0.05) is 30.6 Å². The van der Waals surface area contributed by atoms with Crippen LogP contribution in [0.5, 0.6) is 0 Å². The number of nitrogens with one attached hydrogen (secondary N) is 1. The Kier molecular flexibility index (Phi) is 5.99. The standard InChI is InChI=1S/C21H22ClN5O2S/c1-12-4-3-5-16(22)15(12)8-17(29)18-10-23-21(30-18)26-19-9-20(25-13(2)24-19)27-7-6-14(28)11-27/h3-5,9-10,14,28H,6-8,11H2,1-2H3,(H,23,24,25,26). The second-order valence-electron chi connectivity index (χ2n) is 7.34. The average Bonchev–Trinajstić information content (AvgIpc) is 3.33. The minimum absolute atomic E-state index is 0.0256. The zero-order chi connectivity index (χ0) is 21.3. The molecule has 1 atom stereocenters. The molecule has 4 rings (SSSR count). The molecule has 0 bridgehead atoms. The molecule has 7 nitrogen and oxygen atoms in total. The Balaban J connectivity index is 1.48. The quantitative estimate of drug-likeness (QED) is 0.557. The van der Waals surface area contributed by atoms with E-state index in [-0.39, 0.29) is 18.3 Å². The van der Waals surface area contributed by atoms with Crippen molar-refractivity contribution in [2.45, 2.75) is 32.8 Å². The Hall–Kier alpha value is -2.55. The first kappa shape index (κ1) is 20.7. The molecule has 1 aromatic carbocycles. The van der Waals surface area contributed by atoms with Crippen molar-refractivity contribution in [2.24, 2.45) is 0 Å². The van der Waals surface area contributed by atoms with Crippen molar-refractivity contribution in [1.29, 1.82) is 0 Å². The van der Waals surface area contributed by atoms with Gasteiger partial charge in [0.05, 0.1) is 17.2 Å². The monoisotopic (exact) mass is 443 g/mol. The lowest BCUT2D eigenvalue weighted by atomic mass is 10.0. The average molecular weight is 444 g/mol. The van der Waals surface area contributed by atoms with Crippen molar-refractivity contribution in [3.8, 4) is 0 Å². The van der Waals surface area contributed by atoms with E-state index in [1.807, 2.05) is 36.9 Å². The molecular formula is C21H22ClN5O2S. The number of aliphatic hydroxyl groups is 1. The van der Waals surface area contributed by atoms with Gasteiger partial charge in [0.1, 0.15) is 17.5 Å². The van der Waals surface area contributed by atoms with Crippen LogP contribution in [-0.2, 0) is 6.42 Å². The lowest BCUT2D eigenvalue weighted by Gasteiger charge is -2.17. The number of Topliss-reactive ketones (excluding diaryl/α,β-unsaturated/α-hetero) is 1. The van der Waals surface area contributed by atoms with E-state index in [4.69, 9.17) is 11.6 Å². The molecule has 1 saturated heterocycles. The molecule has 9 heteroatoms. The number of benzene rings is 1. The number of rotatable bonds is 6. The summed E-state index contributed by atoms with van der Waals surface area (Å²) in [5.41, 5.74) is 1.84. The maximum absolute atomic E-state index is 12.7. The second-order valence-corrected chi connectivity index (χ2v) is 8.77.